The Kier molecular flexibility index (Phi) is 49.1. The van der Waals surface area contributed by atoms with E-state index in [1.807, 2.05) is 0 Å². The van der Waals surface area contributed by atoms with E-state index in [4.69, 9.17) is 14.2 Å². The molecule has 368 valence electrons. The van der Waals surface area contributed by atoms with Crippen LogP contribution in [0.15, 0.2) is 0 Å². The lowest BCUT2D eigenvalue weighted by molar-refractivity contribution is -0.167. The van der Waals surface area contributed by atoms with Gasteiger partial charge in [0.25, 0.3) is 0 Å². The van der Waals surface area contributed by atoms with Gasteiger partial charge in [-0.15, -0.1) is 0 Å². The number of carbonyl (C=O) groups excluding carboxylic acids is 3. The van der Waals surface area contributed by atoms with Gasteiger partial charge in [0.2, 0.25) is 0 Å². The van der Waals surface area contributed by atoms with Crippen molar-refractivity contribution in [3.05, 3.63) is 0 Å². The van der Waals surface area contributed by atoms with E-state index in [0.717, 1.165) is 63.7 Å². The van der Waals surface area contributed by atoms with Gasteiger partial charge in [0, 0.05) is 19.3 Å². The summed E-state index contributed by atoms with van der Waals surface area (Å²) >= 11 is 0. The fourth-order valence-electron chi connectivity index (χ4n) is 8.54. The van der Waals surface area contributed by atoms with Crippen molar-refractivity contribution in [2.75, 3.05) is 13.2 Å². The van der Waals surface area contributed by atoms with E-state index in [-0.39, 0.29) is 31.1 Å². The number of carbonyl (C=O) groups is 3. The molecule has 0 fully saturated rings. The molecule has 0 aliphatic heterocycles. The number of hydrogen-bond donors (Lipinski definition) is 0. The minimum Gasteiger partial charge on any atom is -0.462 e. The smallest absolute Gasteiger partial charge is 0.306 e. The standard InChI is InChI=1S/C56H108O6/c1-5-8-10-12-14-16-18-20-21-22-23-24-25-27-32-36-40-44-48-55(58)61-51-53(50-60-54(57)47-43-39-35-31-26-19-17-15-13-11-9-6-2)62-56(59)49-45-41-37-33-29-28-30-34-38-42-46-52(4)7-3/h52-53H,5-51H2,1-4H3/t52?,53-/m0/s1. The van der Waals surface area contributed by atoms with Gasteiger partial charge in [0.1, 0.15) is 13.2 Å². The van der Waals surface area contributed by atoms with E-state index in [1.54, 1.807) is 0 Å². The predicted octanol–water partition coefficient (Wildman–Crippen LogP) is 18.2. The van der Waals surface area contributed by atoms with Gasteiger partial charge in [0.05, 0.1) is 0 Å². The molecule has 0 saturated carbocycles. The third-order valence-corrected chi connectivity index (χ3v) is 13.2. The molecule has 62 heavy (non-hydrogen) atoms. The van der Waals surface area contributed by atoms with Crippen LogP contribution < -0.4 is 0 Å². The first-order valence-electron chi connectivity index (χ1n) is 27.9. The molecular weight excluding hydrogens is 769 g/mol. The molecule has 0 radical (unpaired) electrons. The van der Waals surface area contributed by atoms with Gasteiger partial charge >= 0.3 is 17.9 Å². The average Bonchev–Trinajstić information content (AvgIpc) is 3.27. The Morgan fingerprint density at radius 1 is 0.323 bits per heavy atom. The quantitative estimate of drug-likeness (QED) is 0.0344. The van der Waals surface area contributed by atoms with E-state index in [0.29, 0.717) is 19.3 Å². The highest BCUT2D eigenvalue weighted by Crippen LogP contribution is 2.18. The normalized spacial score (nSPS) is 12.4. The molecule has 0 aliphatic rings. The second kappa shape index (κ2) is 50.4. The molecule has 0 spiro atoms. The Morgan fingerprint density at radius 2 is 0.565 bits per heavy atom. The Hall–Kier alpha value is -1.59. The van der Waals surface area contributed by atoms with Crippen molar-refractivity contribution >= 4 is 17.9 Å². The summed E-state index contributed by atoms with van der Waals surface area (Å²) in [5.41, 5.74) is 0. The van der Waals surface area contributed by atoms with Crippen molar-refractivity contribution in [1.82, 2.24) is 0 Å². The zero-order valence-electron chi connectivity index (χ0n) is 42.3. The van der Waals surface area contributed by atoms with E-state index < -0.39 is 6.10 Å². The van der Waals surface area contributed by atoms with Crippen molar-refractivity contribution in [2.24, 2.45) is 5.92 Å². The highest BCUT2D eigenvalue weighted by atomic mass is 16.6. The van der Waals surface area contributed by atoms with Gasteiger partial charge in [0.15, 0.2) is 6.10 Å². The lowest BCUT2D eigenvalue weighted by Gasteiger charge is -2.18. The van der Waals surface area contributed by atoms with Crippen LogP contribution in [0.1, 0.15) is 317 Å². The number of esters is 3. The molecule has 0 bridgehead atoms. The summed E-state index contributed by atoms with van der Waals surface area (Å²) in [7, 11) is 0. The minimum atomic E-state index is -0.761. The topological polar surface area (TPSA) is 78.9 Å². The second-order valence-corrected chi connectivity index (χ2v) is 19.5. The maximum atomic E-state index is 12.8. The van der Waals surface area contributed by atoms with E-state index in [1.165, 1.54) is 212 Å². The molecule has 0 saturated heterocycles. The number of ether oxygens (including phenoxy) is 3. The molecule has 6 heteroatoms. The Labute approximate surface area is 387 Å². The molecule has 0 aliphatic carbocycles. The molecule has 0 amide bonds. The molecule has 0 rings (SSSR count). The van der Waals surface area contributed by atoms with E-state index in [9.17, 15) is 14.4 Å². The lowest BCUT2D eigenvalue weighted by atomic mass is 9.99. The Morgan fingerprint density at radius 3 is 0.839 bits per heavy atom. The van der Waals surface area contributed by atoms with Crippen LogP contribution in [-0.4, -0.2) is 37.2 Å². The summed E-state index contributed by atoms with van der Waals surface area (Å²) in [6, 6.07) is 0. The van der Waals surface area contributed by atoms with Gasteiger partial charge < -0.3 is 14.2 Å². The summed E-state index contributed by atoms with van der Waals surface area (Å²) < 4.78 is 16.9. The first kappa shape index (κ1) is 60.4. The van der Waals surface area contributed by atoms with Crippen LogP contribution in [0.25, 0.3) is 0 Å². The van der Waals surface area contributed by atoms with E-state index in [2.05, 4.69) is 27.7 Å². The monoisotopic (exact) mass is 877 g/mol. The third kappa shape index (κ3) is 47.9. The fourth-order valence-corrected chi connectivity index (χ4v) is 8.54. The van der Waals surface area contributed by atoms with Gasteiger partial charge in [-0.1, -0.05) is 278 Å². The molecule has 1 unspecified atom stereocenters. The van der Waals surface area contributed by atoms with Crippen LogP contribution in [0.3, 0.4) is 0 Å². The van der Waals surface area contributed by atoms with Gasteiger partial charge in [-0.25, -0.2) is 0 Å². The lowest BCUT2D eigenvalue weighted by Crippen LogP contribution is -2.30. The van der Waals surface area contributed by atoms with E-state index >= 15 is 0 Å². The highest BCUT2D eigenvalue weighted by molar-refractivity contribution is 5.71. The Bertz CT molecular complexity index is 935. The van der Waals surface area contributed by atoms with Crippen LogP contribution >= 0.6 is 0 Å². The molecule has 0 heterocycles. The molecule has 2 atom stereocenters. The summed E-state index contributed by atoms with van der Waals surface area (Å²) in [5, 5.41) is 0. The first-order chi connectivity index (χ1) is 30.4. The summed E-state index contributed by atoms with van der Waals surface area (Å²) in [5.74, 6) is 0.0277. The van der Waals surface area contributed by atoms with Crippen molar-refractivity contribution < 1.29 is 28.6 Å². The van der Waals surface area contributed by atoms with Crippen LogP contribution in [0.4, 0.5) is 0 Å². The van der Waals surface area contributed by atoms with Crippen LogP contribution in [0.2, 0.25) is 0 Å². The van der Waals surface area contributed by atoms with Crippen LogP contribution in [0, 0.1) is 5.92 Å². The average molecular weight is 877 g/mol. The first-order valence-corrected chi connectivity index (χ1v) is 27.9. The maximum Gasteiger partial charge on any atom is 0.306 e. The second-order valence-electron chi connectivity index (χ2n) is 19.5. The van der Waals surface area contributed by atoms with Gasteiger partial charge in [-0.2, -0.15) is 0 Å². The third-order valence-electron chi connectivity index (χ3n) is 13.2. The van der Waals surface area contributed by atoms with Crippen molar-refractivity contribution in [1.29, 1.82) is 0 Å². The van der Waals surface area contributed by atoms with Crippen LogP contribution in [-0.2, 0) is 28.6 Å². The summed E-state index contributed by atoms with van der Waals surface area (Å²) in [6.45, 7) is 9.07. The summed E-state index contributed by atoms with van der Waals surface area (Å²) in [4.78, 5) is 38.0. The number of rotatable bonds is 51. The van der Waals surface area contributed by atoms with Gasteiger partial charge in [-0.05, 0) is 25.2 Å². The molecule has 0 aromatic carbocycles. The molecule has 0 aromatic rings. The van der Waals surface area contributed by atoms with Crippen molar-refractivity contribution in [3.8, 4) is 0 Å². The SMILES string of the molecule is CCCCCCCCCCCCCCCCCCCCC(=O)OC[C@H](COC(=O)CCCCCCCCCCCCCC)OC(=O)CCCCCCCCCCCCC(C)CC. The Balaban J connectivity index is 4.28. The van der Waals surface area contributed by atoms with Gasteiger partial charge in [-0.3, -0.25) is 14.4 Å². The molecule has 0 aromatic heterocycles. The fraction of sp³-hybridized carbons (Fsp3) is 0.946. The molecular formula is C56H108O6. The highest BCUT2D eigenvalue weighted by Gasteiger charge is 2.19. The summed E-state index contributed by atoms with van der Waals surface area (Å²) in [6.07, 6.45) is 53.7. The number of hydrogen-bond acceptors (Lipinski definition) is 6. The maximum absolute atomic E-state index is 12.8. The predicted molar refractivity (Wildman–Crippen MR) is 266 cm³/mol. The molecule has 6 nitrogen and oxygen atoms in total. The largest absolute Gasteiger partial charge is 0.462 e. The molecule has 0 N–H and O–H groups in total. The number of unbranched alkanes of at least 4 members (excludes halogenated alkanes) is 37. The minimum absolute atomic E-state index is 0.0624. The van der Waals surface area contributed by atoms with Crippen molar-refractivity contribution in [3.63, 3.8) is 0 Å². The zero-order valence-corrected chi connectivity index (χ0v) is 42.3. The van der Waals surface area contributed by atoms with Crippen LogP contribution in [0.5, 0.6) is 0 Å². The van der Waals surface area contributed by atoms with Crippen molar-refractivity contribution in [2.45, 2.75) is 323 Å². The zero-order chi connectivity index (χ0) is 45.2.